The Kier molecular flexibility index (Phi) is 2.33. The number of ether oxygens (including phenoxy) is 1. The van der Waals surface area contributed by atoms with Gasteiger partial charge in [-0.05, 0) is 12.1 Å². The third kappa shape index (κ3) is 1.28. The van der Waals surface area contributed by atoms with Gasteiger partial charge in [-0.1, -0.05) is 18.2 Å². The van der Waals surface area contributed by atoms with E-state index in [1.807, 2.05) is 0 Å². The topological polar surface area (TPSA) is 87.1 Å². The summed E-state index contributed by atoms with van der Waals surface area (Å²) in [4.78, 5) is 26.1. The fourth-order valence-corrected chi connectivity index (χ4v) is 3.56. The highest BCUT2D eigenvalue weighted by molar-refractivity contribution is 6.22. The highest BCUT2D eigenvalue weighted by Gasteiger charge is 2.68. The number of anilines is 1. The van der Waals surface area contributed by atoms with Gasteiger partial charge in [0.15, 0.2) is 0 Å². The number of fused-ring (bicyclic) bond motifs is 5. The third-order valence-corrected chi connectivity index (χ3v) is 4.46. The zero-order chi connectivity index (χ0) is 14.0. The Morgan fingerprint density at radius 3 is 1.90 bits per heavy atom. The molecule has 0 radical (unpaired) electrons. The number of aliphatic hydroxyl groups is 2. The van der Waals surface area contributed by atoms with Gasteiger partial charge < -0.3 is 14.9 Å². The van der Waals surface area contributed by atoms with Crippen LogP contribution in [0.5, 0.6) is 0 Å². The van der Waals surface area contributed by atoms with Gasteiger partial charge in [0.05, 0.1) is 29.7 Å². The predicted molar refractivity (Wildman–Crippen MR) is 66.6 cm³/mol. The molecule has 3 aliphatic rings. The SMILES string of the molecule is O=C1C2C3OC(C(O)C3O)C2C(=O)N1c1ccccc1. The molecule has 104 valence electrons. The normalized spacial score (nSPS) is 42.4. The lowest BCUT2D eigenvalue weighted by Gasteiger charge is -2.25. The molecule has 1 aromatic rings. The van der Waals surface area contributed by atoms with E-state index in [4.69, 9.17) is 4.74 Å². The monoisotopic (exact) mass is 275 g/mol. The Hall–Kier alpha value is -1.76. The van der Waals surface area contributed by atoms with Crippen LogP contribution in [0.15, 0.2) is 30.3 Å². The molecule has 2 amide bonds. The second kappa shape index (κ2) is 3.88. The maximum Gasteiger partial charge on any atom is 0.240 e. The maximum absolute atomic E-state index is 12.5. The van der Waals surface area contributed by atoms with Crippen LogP contribution in [0.1, 0.15) is 0 Å². The van der Waals surface area contributed by atoms with E-state index < -0.39 is 36.3 Å². The number of hydrogen-bond acceptors (Lipinski definition) is 5. The molecular weight excluding hydrogens is 262 g/mol. The van der Waals surface area contributed by atoms with Crippen LogP contribution in [0.2, 0.25) is 0 Å². The molecule has 0 saturated carbocycles. The van der Waals surface area contributed by atoms with E-state index in [1.54, 1.807) is 30.3 Å². The largest absolute Gasteiger partial charge is 0.388 e. The summed E-state index contributed by atoms with van der Waals surface area (Å²) in [5.41, 5.74) is 0.514. The van der Waals surface area contributed by atoms with Gasteiger partial charge in [-0.15, -0.1) is 0 Å². The first-order chi connectivity index (χ1) is 9.61. The number of para-hydroxylation sites is 1. The number of carbonyl (C=O) groups excluding carboxylic acids is 2. The quantitative estimate of drug-likeness (QED) is 0.661. The van der Waals surface area contributed by atoms with Crippen molar-refractivity contribution >= 4 is 17.5 Å². The Labute approximate surface area is 114 Å². The number of nitrogens with zero attached hydrogens (tertiary/aromatic N) is 1. The molecule has 0 aliphatic carbocycles. The molecule has 1 aromatic carbocycles. The van der Waals surface area contributed by atoms with E-state index in [0.717, 1.165) is 4.90 Å². The molecular formula is C14H13NO5. The van der Waals surface area contributed by atoms with Crippen LogP contribution in [0.4, 0.5) is 5.69 Å². The first-order valence-electron chi connectivity index (χ1n) is 6.55. The summed E-state index contributed by atoms with van der Waals surface area (Å²) in [5, 5.41) is 19.7. The van der Waals surface area contributed by atoms with E-state index in [1.165, 1.54) is 0 Å². The third-order valence-electron chi connectivity index (χ3n) is 4.46. The summed E-state index contributed by atoms with van der Waals surface area (Å²) in [5.74, 6) is -2.09. The van der Waals surface area contributed by atoms with E-state index in [-0.39, 0.29) is 11.8 Å². The van der Waals surface area contributed by atoms with Crippen LogP contribution in [-0.4, -0.2) is 46.4 Å². The molecule has 6 nitrogen and oxygen atoms in total. The maximum atomic E-state index is 12.5. The van der Waals surface area contributed by atoms with Crippen molar-refractivity contribution in [3.8, 4) is 0 Å². The molecule has 3 fully saturated rings. The van der Waals surface area contributed by atoms with Crippen LogP contribution in [0.25, 0.3) is 0 Å². The predicted octanol–water partition coefficient (Wildman–Crippen LogP) is -0.705. The fraction of sp³-hybridized carbons (Fsp3) is 0.429. The van der Waals surface area contributed by atoms with Gasteiger partial charge in [0.1, 0.15) is 12.2 Å². The molecule has 3 heterocycles. The van der Waals surface area contributed by atoms with Gasteiger partial charge in [0, 0.05) is 0 Å². The summed E-state index contributed by atoms with van der Waals surface area (Å²) >= 11 is 0. The minimum absolute atomic E-state index is 0.357. The zero-order valence-corrected chi connectivity index (χ0v) is 10.4. The van der Waals surface area contributed by atoms with Gasteiger partial charge in [0.2, 0.25) is 11.8 Å². The number of rotatable bonds is 1. The van der Waals surface area contributed by atoms with Crippen molar-refractivity contribution in [1.82, 2.24) is 0 Å². The van der Waals surface area contributed by atoms with Crippen molar-refractivity contribution in [3.05, 3.63) is 30.3 Å². The van der Waals surface area contributed by atoms with E-state index in [9.17, 15) is 19.8 Å². The number of aliphatic hydroxyl groups excluding tert-OH is 2. The van der Waals surface area contributed by atoms with Crippen LogP contribution < -0.4 is 4.90 Å². The summed E-state index contributed by atoms with van der Waals surface area (Å²) in [6, 6.07) is 8.67. The summed E-state index contributed by atoms with van der Waals surface area (Å²) in [7, 11) is 0. The van der Waals surface area contributed by atoms with Crippen molar-refractivity contribution in [1.29, 1.82) is 0 Å². The standard InChI is InChI=1S/C14H13NO5/c16-9-10(17)12-8-7(11(9)20-12)13(18)15(14(8)19)6-4-2-1-3-5-6/h1-5,7-12,16-17H. The first kappa shape index (κ1) is 12.0. The molecule has 4 rings (SSSR count). The van der Waals surface area contributed by atoms with E-state index >= 15 is 0 Å². The van der Waals surface area contributed by atoms with Crippen LogP contribution in [0, 0.1) is 11.8 Å². The highest BCUT2D eigenvalue weighted by Crippen LogP contribution is 2.49. The lowest BCUT2D eigenvalue weighted by atomic mass is 9.78. The number of benzene rings is 1. The van der Waals surface area contributed by atoms with Crippen molar-refractivity contribution in [3.63, 3.8) is 0 Å². The lowest BCUT2D eigenvalue weighted by Crippen LogP contribution is -2.47. The first-order valence-corrected chi connectivity index (χ1v) is 6.55. The second-order valence-electron chi connectivity index (χ2n) is 5.45. The fourth-order valence-electron chi connectivity index (χ4n) is 3.56. The van der Waals surface area contributed by atoms with Crippen molar-refractivity contribution in [2.24, 2.45) is 11.8 Å². The lowest BCUT2D eigenvalue weighted by molar-refractivity contribution is -0.125. The highest BCUT2D eigenvalue weighted by atomic mass is 16.6. The Morgan fingerprint density at radius 1 is 0.900 bits per heavy atom. The smallest absolute Gasteiger partial charge is 0.240 e. The molecule has 3 saturated heterocycles. The Morgan fingerprint density at radius 2 is 1.40 bits per heavy atom. The molecule has 20 heavy (non-hydrogen) atoms. The summed E-state index contributed by atoms with van der Waals surface area (Å²) in [6.07, 6.45) is -3.78. The van der Waals surface area contributed by atoms with Crippen molar-refractivity contribution in [2.75, 3.05) is 4.90 Å². The summed E-state index contributed by atoms with van der Waals surface area (Å²) in [6.45, 7) is 0. The molecule has 0 aromatic heterocycles. The minimum Gasteiger partial charge on any atom is -0.388 e. The Balaban J connectivity index is 1.75. The Bertz CT molecular complexity index is 556. The molecule has 6 unspecified atom stereocenters. The van der Waals surface area contributed by atoms with Gasteiger partial charge in [-0.2, -0.15) is 0 Å². The average molecular weight is 275 g/mol. The minimum atomic E-state index is -1.10. The second-order valence-corrected chi connectivity index (χ2v) is 5.45. The molecule has 6 atom stereocenters. The van der Waals surface area contributed by atoms with Gasteiger partial charge >= 0.3 is 0 Å². The van der Waals surface area contributed by atoms with E-state index in [2.05, 4.69) is 0 Å². The van der Waals surface area contributed by atoms with E-state index in [0.29, 0.717) is 5.69 Å². The zero-order valence-electron chi connectivity index (χ0n) is 10.4. The van der Waals surface area contributed by atoms with Gasteiger partial charge in [-0.3, -0.25) is 9.59 Å². The van der Waals surface area contributed by atoms with Crippen molar-refractivity contribution in [2.45, 2.75) is 24.4 Å². The molecule has 3 aliphatic heterocycles. The number of carbonyl (C=O) groups is 2. The number of imide groups is 1. The molecule has 2 bridgehead atoms. The van der Waals surface area contributed by atoms with Gasteiger partial charge in [-0.25, -0.2) is 4.90 Å². The van der Waals surface area contributed by atoms with Gasteiger partial charge in [0.25, 0.3) is 0 Å². The summed E-state index contributed by atoms with van der Waals surface area (Å²) < 4.78 is 5.42. The molecule has 6 heteroatoms. The van der Waals surface area contributed by atoms with Crippen LogP contribution in [-0.2, 0) is 14.3 Å². The van der Waals surface area contributed by atoms with Crippen molar-refractivity contribution < 1.29 is 24.5 Å². The average Bonchev–Trinajstić information content (AvgIpc) is 3.05. The number of amides is 2. The van der Waals surface area contributed by atoms with Crippen LogP contribution in [0.3, 0.4) is 0 Å². The number of hydrogen-bond donors (Lipinski definition) is 2. The molecule has 0 spiro atoms. The van der Waals surface area contributed by atoms with Crippen LogP contribution >= 0.6 is 0 Å². The molecule has 2 N–H and O–H groups in total.